The fourth-order valence-corrected chi connectivity index (χ4v) is 2.47. The first-order chi connectivity index (χ1) is 7.34. The van der Waals surface area contributed by atoms with Crippen molar-refractivity contribution in [2.24, 2.45) is 0 Å². The predicted octanol–water partition coefficient (Wildman–Crippen LogP) is 2.20. The zero-order valence-corrected chi connectivity index (χ0v) is 8.53. The van der Waals surface area contributed by atoms with Crippen LogP contribution >= 0.6 is 0 Å². The van der Waals surface area contributed by atoms with Crippen molar-refractivity contribution >= 4 is 16.9 Å². The summed E-state index contributed by atoms with van der Waals surface area (Å²) in [5.74, 6) is 1.15. The van der Waals surface area contributed by atoms with E-state index in [1.165, 1.54) is 25.7 Å². The molecule has 0 aromatic carbocycles. The maximum atomic E-state index is 5.79. The highest BCUT2D eigenvalue weighted by Crippen LogP contribution is 2.36. The highest BCUT2D eigenvalue weighted by atomic mass is 14.9. The van der Waals surface area contributed by atoms with Gasteiger partial charge in [0.25, 0.3) is 0 Å². The minimum Gasteiger partial charge on any atom is -0.384 e. The number of imidazole rings is 1. The summed E-state index contributed by atoms with van der Waals surface area (Å²) in [6.07, 6.45) is 6.75. The summed E-state index contributed by atoms with van der Waals surface area (Å²) in [6, 6.07) is 1.85. The Bertz CT molecular complexity index is 482. The first-order valence-corrected chi connectivity index (χ1v) is 5.44. The van der Waals surface area contributed by atoms with Crippen LogP contribution in [0.2, 0.25) is 0 Å². The Kier molecular flexibility index (Phi) is 1.87. The molecule has 0 saturated heterocycles. The Morgan fingerprint density at radius 1 is 1.33 bits per heavy atom. The highest BCUT2D eigenvalue weighted by molar-refractivity contribution is 5.79. The molecule has 0 spiro atoms. The maximum absolute atomic E-state index is 5.79. The number of H-pyrrole nitrogens is 1. The van der Waals surface area contributed by atoms with Gasteiger partial charge in [-0.25, -0.2) is 9.97 Å². The van der Waals surface area contributed by atoms with Gasteiger partial charge in [0.15, 0.2) is 0 Å². The summed E-state index contributed by atoms with van der Waals surface area (Å²) in [5.41, 5.74) is 8.88. The number of fused-ring (bicyclic) bond motifs is 1. The van der Waals surface area contributed by atoms with Crippen LogP contribution < -0.4 is 5.73 Å². The lowest BCUT2D eigenvalue weighted by Crippen LogP contribution is -2.01. The Balaban J connectivity index is 2.18. The van der Waals surface area contributed by atoms with Gasteiger partial charge in [-0.15, -0.1) is 0 Å². The summed E-state index contributed by atoms with van der Waals surface area (Å²) in [6.45, 7) is 0. The SMILES string of the molecule is Nc1cc2[nH]cnc2c(C2CCCC2)n1. The molecule has 1 aliphatic rings. The molecule has 4 heteroatoms. The van der Waals surface area contributed by atoms with Crippen molar-refractivity contribution in [3.05, 3.63) is 18.1 Å². The van der Waals surface area contributed by atoms with Crippen molar-refractivity contribution in [3.63, 3.8) is 0 Å². The number of hydrogen-bond donors (Lipinski definition) is 2. The zero-order valence-electron chi connectivity index (χ0n) is 8.53. The van der Waals surface area contributed by atoms with Crippen molar-refractivity contribution in [1.29, 1.82) is 0 Å². The van der Waals surface area contributed by atoms with Crippen LogP contribution in [0.25, 0.3) is 11.0 Å². The van der Waals surface area contributed by atoms with Gasteiger partial charge >= 0.3 is 0 Å². The smallest absolute Gasteiger partial charge is 0.125 e. The predicted molar refractivity (Wildman–Crippen MR) is 59.5 cm³/mol. The van der Waals surface area contributed by atoms with Crippen LogP contribution in [0.4, 0.5) is 5.82 Å². The molecule has 2 aromatic heterocycles. The molecule has 1 aliphatic carbocycles. The molecule has 0 amide bonds. The van der Waals surface area contributed by atoms with E-state index in [1.54, 1.807) is 6.33 Å². The Morgan fingerprint density at radius 3 is 2.93 bits per heavy atom. The van der Waals surface area contributed by atoms with E-state index in [4.69, 9.17) is 5.73 Å². The lowest BCUT2D eigenvalue weighted by Gasteiger charge is -2.09. The number of hydrogen-bond acceptors (Lipinski definition) is 3. The quantitative estimate of drug-likeness (QED) is 0.744. The molecule has 0 atom stereocenters. The topological polar surface area (TPSA) is 67.6 Å². The van der Waals surface area contributed by atoms with Crippen molar-refractivity contribution < 1.29 is 0 Å². The van der Waals surface area contributed by atoms with Gasteiger partial charge in [-0.1, -0.05) is 12.8 Å². The van der Waals surface area contributed by atoms with E-state index in [1.807, 2.05) is 6.07 Å². The average Bonchev–Trinajstić information content (AvgIpc) is 2.86. The van der Waals surface area contributed by atoms with E-state index in [9.17, 15) is 0 Å². The van der Waals surface area contributed by atoms with E-state index in [-0.39, 0.29) is 0 Å². The lowest BCUT2D eigenvalue weighted by atomic mass is 10.0. The fourth-order valence-electron chi connectivity index (χ4n) is 2.47. The maximum Gasteiger partial charge on any atom is 0.125 e. The van der Waals surface area contributed by atoms with E-state index >= 15 is 0 Å². The number of nitrogens with one attached hydrogen (secondary N) is 1. The Labute approximate surface area is 87.9 Å². The molecule has 3 N–H and O–H groups in total. The molecule has 1 saturated carbocycles. The first-order valence-electron chi connectivity index (χ1n) is 5.44. The summed E-state index contributed by atoms with van der Waals surface area (Å²) in [7, 11) is 0. The molecule has 0 aliphatic heterocycles. The number of aromatic amines is 1. The Hall–Kier alpha value is -1.58. The first kappa shape index (κ1) is 8.71. The number of aromatic nitrogens is 3. The number of nitrogens with zero attached hydrogens (tertiary/aromatic N) is 2. The molecule has 4 nitrogen and oxygen atoms in total. The summed E-state index contributed by atoms with van der Waals surface area (Å²) in [5, 5.41) is 0. The molecule has 0 bridgehead atoms. The minimum atomic E-state index is 0.555. The van der Waals surface area contributed by atoms with E-state index < -0.39 is 0 Å². The van der Waals surface area contributed by atoms with Crippen LogP contribution in [0.1, 0.15) is 37.3 Å². The number of pyridine rings is 1. The molecule has 15 heavy (non-hydrogen) atoms. The molecular formula is C11H14N4. The third kappa shape index (κ3) is 1.37. The fraction of sp³-hybridized carbons (Fsp3) is 0.455. The van der Waals surface area contributed by atoms with Gasteiger partial charge in [0.2, 0.25) is 0 Å². The second-order valence-corrected chi connectivity index (χ2v) is 4.21. The van der Waals surface area contributed by atoms with Crippen molar-refractivity contribution in [2.45, 2.75) is 31.6 Å². The molecule has 0 radical (unpaired) electrons. The zero-order chi connectivity index (χ0) is 10.3. The van der Waals surface area contributed by atoms with Crippen LogP contribution in [0.5, 0.6) is 0 Å². The largest absolute Gasteiger partial charge is 0.384 e. The molecule has 0 unspecified atom stereocenters. The third-order valence-electron chi connectivity index (χ3n) is 3.20. The minimum absolute atomic E-state index is 0.555. The monoisotopic (exact) mass is 202 g/mol. The van der Waals surface area contributed by atoms with Gasteiger partial charge in [-0.3, -0.25) is 0 Å². The summed E-state index contributed by atoms with van der Waals surface area (Å²) < 4.78 is 0. The van der Waals surface area contributed by atoms with Crippen LogP contribution in [-0.4, -0.2) is 15.0 Å². The van der Waals surface area contributed by atoms with Crippen LogP contribution in [0.15, 0.2) is 12.4 Å². The number of rotatable bonds is 1. The van der Waals surface area contributed by atoms with Gasteiger partial charge < -0.3 is 10.7 Å². The number of nitrogen functional groups attached to an aromatic ring is 1. The van der Waals surface area contributed by atoms with Crippen LogP contribution in [0.3, 0.4) is 0 Å². The van der Waals surface area contributed by atoms with Crippen molar-refractivity contribution in [2.75, 3.05) is 5.73 Å². The average molecular weight is 202 g/mol. The molecular weight excluding hydrogens is 188 g/mol. The van der Waals surface area contributed by atoms with Gasteiger partial charge in [0.1, 0.15) is 11.3 Å². The van der Waals surface area contributed by atoms with Gasteiger partial charge in [-0.2, -0.15) is 0 Å². The van der Waals surface area contributed by atoms with Gasteiger partial charge in [0.05, 0.1) is 17.5 Å². The standard InChI is InChI=1S/C11H14N4/c12-9-5-8-11(14-6-13-8)10(15-9)7-3-1-2-4-7/h5-7H,1-4H2,(H2,12,15)(H,13,14). The molecule has 1 fully saturated rings. The third-order valence-corrected chi connectivity index (χ3v) is 3.20. The molecule has 2 heterocycles. The van der Waals surface area contributed by atoms with E-state index in [0.717, 1.165) is 16.7 Å². The highest BCUT2D eigenvalue weighted by Gasteiger charge is 2.21. The molecule has 78 valence electrons. The van der Waals surface area contributed by atoms with Gasteiger partial charge in [-0.05, 0) is 12.8 Å². The second kappa shape index (κ2) is 3.22. The Morgan fingerprint density at radius 2 is 2.13 bits per heavy atom. The lowest BCUT2D eigenvalue weighted by molar-refractivity contribution is 0.704. The summed E-state index contributed by atoms with van der Waals surface area (Å²) in [4.78, 5) is 11.9. The molecule has 2 aromatic rings. The van der Waals surface area contributed by atoms with Crippen molar-refractivity contribution in [1.82, 2.24) is 15.0 Å². The number of nitrogens with two attached hydrogens (primary N) is 1. The van der Waals surface area contributed by atoms with E-state index in [0.29, 0.717) is 11.7 Å². The van der Waals surface area contributed by atoms with Gasteiger partial charge in [0, 0.05) is 12.0 Å². The van der Waals surface area contributed by atoms with Crippen LogP contribution in [-0.2, 0) is 0 Å². The van der Waals surface area contributed by atoms with E-state index in [2.05, 4.69) is 15.0 Å². The molecule has 3 rings (SSSR count). The second-order valence-electron chi connectivity index (χ2n) is 4.21. The van der Waals surface area contributed by atoms with Crippen molar-refractivity contribution in [3.8, 4) is 0 Å². The van der Waals surface area contributed by atoms with Crippen LogP contribution in [0, 0.1) is 0 Å². The summed E-state index contributed by atoms with van der Waals surface area (Å²) >= 11 is 0. The normalized spacial score (nSPS) is 17.6. The number of anilines is 1.